The number of amides is 2. The highest BCUT2D eigenvalue weighted by atomic mass is 32.2. The van der Waals surface area contributed by atoms with Gasteiger partial charge in [0.2, 0.25) is 5.91 Å². The third-order valence-electron chi connectivity index (χ3n) is 5.70. The van der Waals surface area contributed by atoms with Gasteiger partial charge in [-0.15, -0.1) is 11.8 Å². The molecule has 7 nitrogen and oxygen atoms in total. The molecule has 0 spiro atoms. The molecule has 1 saturated heterocycles. The lowest BCUT2D eigenvalue weighted by molar-refractivity contribution is -0.128. The third kappa shape index (κ3) is 6.02. The summed E-state index contributed by atoms with van der Waals surface area (Å²) < 4.78 is 10.5. The van der Waals surface area contributed by atoms with E-state index in [2.05, 4.69) is 22.7 Å². The summed E-state index contributed by atoms with van der Waals surface area (Å²) in [6, 6.07) is 22.8. The fraction of sp³-hybridized carbons (Fsp3) is 0.222. The van der Waals surface area contributed by atoms with Crippen LogP contribution in [0.1, 0.15) is 32.4 Å². The summed E-state index contributed by atoms with van der Waals surface area (Å²) in [4.78, 5) is 26.9. The number of hydrazone groups is 1. The summed E-state index contributed by atoms with van der Waals surface area (Å²) in [6.45, 7) is 0.660. The van der Waals surface area contributed by atoms with Crippen molar-refractivity contribution in [2.24, 2.45) is 5.10 Å². The zero-order chi connectivity index (χ0) is 24.6. The quantitative estimate of drug-likeness (QED) is 0.358. The maximum absolute atomic E-state index is 12.5. The lowest BCUT2D eigenvalue weighted by atomic mass is 10.1. The summed E-state index contributed by atoms with van der Waals surface area (Å²) in [5.41, 5.74) is 6.00. The monoisotopic (exact) mass is 489 g/mol. The van der Waals surface area contributed by atoms with E-state index in [0.717, 1.165) is 17.5 Å². The van der Waals surface area contributed by atoms with Crippen molar-refractivity contribution in [2.75, 3.05) is 26.5 Å². The molecule has 8 heteroatoms. The second-order valence-corrected chi connectivity index (χ2v) is 8.99. The summed E-state index contributed by atoms with van der Waals surface area (Å²) >= 11 is 1.61. The molecule has 3 aromatic carbocycles. The molecular weight excluding hydrogens is 462 g/mol. The molecular formula is C27H27N3O4S. The Balaban J connectivity index is 1.36. The van der Waals surface area contributed by atoms with Crippen LogP contribution in [0.2, 0.25) is 0 Å². The minimum atomic E-state index is -0.315. The van der Waals surface area contributed by atoms with E-state index in [1.165, 1.54) is 5.56 Å². The molecule has 2 amide bonds. The Morgan fingerprint density at radius 2 is 1.80 bits per heavy atom. The predicted molar refractivity (Wildman–Crippen MR) is 138 cm³/mol. The SMILES string of the molecule is COc1ccc(/C=N\NC(=O)c2ccc([C@H]3SCC(=O)N3CCc3ccccc3)cc2)cc1OC. The van der Waals surface area contributed by atoms with Crippen molar-refractivity contribution in [3.05, 3.63) is 95.1 Å². The van der Waals surface area contributed by atoms with Crippen molar-refractivity contribution in [2.45, 2.75) is 11.8 Å². The van der Waals surface area contributed by atoms with Crippen LogP contribution in [-0.2, 0) is 11.2 Å². The second-order valence-electron chi connectivity index (χ2n) is 7.92. The fourth-order valence-corrected chi connectivity index (χ4v) is 5.05. The van der Waals surface area contributed by atoms with E-state index in [1.807, 2.05) is 41.3 Å². The van der Waals surface area contributed by atoms with Gasteiger partial charge in [-0.05, 0) is 53.4 Å². The van der Waals surface area contributed by atoms with Crippen LogP contribution in [0.25, 0.3) is 0 Å². The Kier molecular flexibility index (Phi) is 8.05. The van der Waals surface area contributed by atoms with Crippen LogP contribution in [0.4, 0.5) is 0 Å². The average Bonchev–Trinajstić information content (AvgIpc) is 3.28. The van der Waals surface area contributed by atoms with Crippen molar-refractivity contribution >= 4 is 29.8 Å². The number of nitrogens with one attached hydrogen (secondary N) is 1. The Morgan fingerprint density at radius 1 is 1.06 bits per heavy atom. The van der Waals surface area contributed by atoms with Crippen molar-refractivity contribution in [1.29, 1.82) is 0 Å². The van der Waals surface area contributed by atoms with E-state index < -0.39 is 0 Å². The second kappa shape index (κ2) is 11.6. The molecule has 0 aromatic heterocycles. The van der Waals surface area contributed by atoms with Gasteiger partial charge in [0.25, 0.3) is 5.91 Å². The molecule has 1 atom stereocenters. The maximum Gasteiger partial charge on any atom is 0.271 e. The topological polar surface area (TPSA) is 80.2 Å². The van der Waals surface area contributed by atoms with E-state index >= 15 is 0 Å². The first-order chi connectivity index (χ1) is 17.1. The molecule has 180 valence electrons. The first-order valence-corrected chi connectivity index (χ1v) is 12.2. The van der Waals surface area contributed by atoms with Crippen molar-refractivity contribution in [1.82, 2.24) is 10.3 Å². The van der Waals surface area contributed by atoms with Crippen molar-refractivity contribution < 1.29 is 19.1 Å². The van der Waals surface area contributed by atoms with Gasteiger partial charge in [-0.1, -0.05) is 42.5 Å². The summed E-state index contributed by atoms with van der Waals surface area (Å²) in [6.07, 6.45) is 2.35. The molecule has 4 rings (SSSR count). The number of carbonyl (C=O) groups is 2. The third-order valence-corrected chi connectivity index (χ3v) is 6.95. The predicted octanol–water partition coefficient (Wildman–Crippen LogP) is 4.28. The van der Waals surface area contributed by atoms with Gasteiger partial charge >= 0.3 is 0 Å². The molecule has 3 aromatic rings. The minimum Gasteiger partial charge on any atom is -0.493 e. The number of hydrogen-bond donors (Lipinski definition) is 1. The van der Waals surface area contributed by atoms with Gasteiger partial charge in [-0.2, -0.15) is 5.10 Å². The molecule has 1 heterocycles. The lowest BCUT2D eigenvalue weighted by Gasteiger charge is -2.24. The Bertz CT molecular complexity index is 1200. The van der Waals surface area contributed by atoms with Gasteiger partial charge < -0.3 is 14.4 Å². The lowest BCUT2D eigenvalue weighted by Crippen LogP contribution is -2.30. The van der Waals surface area contributed by atoms with Crippen LogP contribution in [0, 0.1) is 0 Å². The average molecular weight is 490 g/mol. The van der Waals surface area contributed by atoms with E-state index in [1.54, 1.807) is 56.5 Å². The standard InChI is InChI=1S/C27H27N3O4S/c1-33-23-13-8-20(16-24(23)34-2)17-28-29-26(32)21-9-11-22(12-10-21)27-30(25(31)18-35-27)15-14-19-6-4-3-5-7-19/h3-13,16-17,27H,14-15,18H2,1-2H3,(H,29,32)/b28-17-/t27-/m1/s1. The van der Waals surface area contributed by atoms with Gasteiger partial charge in [0, 0.05) is 12.1 Å². The number of methoxy groups -OCH3 is 2. The zero-order valence-corrected chi connectivity index (χ0v) is 20.5. The highest BCUT2D eigenvalue weighted by Gasteiger charge is 2.32. The molecule has 0 aliphatic carbocycles. The van der Waals surface area contributed by atoms with Crippen LogP contribution in [0.15, 0.2) is 77.9 Å². The van der Waals surface area contributed by atoms with E-state index in [-0.39, 0.29) is 17.2 Å². The Hall–Kier alpha value is -3.78. The fourth-order valence-electron chi connectivity index (χ4n) is 3.83. The van der Waals surface area contributed by atoms with Crippen LogP contribution >= 0.6 is 11.8 Å². The van der Waals surface area contributed by atoms with Crippen LogP contribution in [0.3, 0.4) is 0 Å². The molecule has 0 saturated carbocycles. The van der Waals surface area contributed by atoms with Gasteiger partial charge in [0.1, 0.15) is 5.37 Å². The molecule has 1 aliphatic heterocycles. The largest absolute Gasteiger partial charge is 0.493 e. The number of rotatable bonds is 9. The van der Waals surface area contributed by atoms with Crippen LogP contribution in [-0.4, -0.2) is 49.4 Å². The van der Waals surface area contributed by atoms with E-state index in [0.29, 0.717) is 29.4 Å². The molecule has 0 bridgehead atoms. The van der Waals surface area contributed by atoms with Gasteiger partial charge in [0.05, 0.1) is 26.2 Å². The highest BCUT2D eigenvalue weighted by molar-refractivity contribution is 8.00. The molecule has 1 aliphatic rings. The first-order valence-electron chi connectivity index (χ1n) is 11.2. The van der Waals surface area contributed by atoms with Crippen LogP contribution < -0.4 is 14.9 Å². The van der Waals surface area contributed by atoms with Gasteiger partial charge in [0.15, 0.2) is 11.5 Å². The van der Waals surface area contributed by atoms with Crippen molar-refractivity contribution in [3.8, 4) is 11.5 Å². The number of hydrogen-bond acceptors (Lipinski definition) is 6. The number of benzene rings is 3. The Morgan fingerprint density at radius 3 is 2.51 bits per heavy atom. The normalized spacial score (nSPS) is 15.4. The molecule has 35 heavy (non-hydrogen) atoms. The highest BCUT2D eigenvalue weighted by Crippen LogP contribution is 2.38. The summed E-state index contributed by atoms with van der Waals surface area (Å²) in [5, 5.41) is 4.00. The number of ether oxygens (including phenoxy) is 2. The van der Waals surface area contributed by atoms with E-state index in [9.17, 15) is 9.59 Å². The molecule has 1 N–H and O–H groups in total. The van der Waals surface area contributed by atoms with Crippen LogP contribution in [0.5, 0.6) is 11.5 Å². The van der Waals surface area contributed by atoms with E-state index in [4.69, 9.17) is 9.47 Å². The van der Waals surface area contributed by atoms with Gasteiger partial charge in [-0.3, -0.25) is 9.59 Å². The number of carbonyl (C=O) groups excluding carboxylic acids is 2. The van der Waals surface area contributed by atoms with Gasteiger partial charge in [-0.25, -0.2) is 5.43 Å². The first kappa shape index (κ1) is 24.3. The minimum absolute atomic E-state index is 0.0496. The number of nitrogens with zero attached hydrogens (tertiary/aromatic N) is 2. The number of thioether (sulfide) groups is 1. The summed E-state index contributed by atoms with van der Waals surface area (Å²) in [5.74, 6) is 1.49. The molecule has 0 radical (unpaired) electrons. The summed E-state index contributed by atoms with van der Waals surface area (Å²) in [7, 11) is 3.13. The Labute approximate surface area is 209 Å². The molecule has 1 fully saturated rings. The zero-order valence-electron chi connectivity index (χ0n) is 19.6. The smallest absolute Gasteiger partial charge is 0.271 e. The molecule has 0 unspecified atom stereocenters. The van der Waals surface area contributed by atoms with Crippen molar-refractivity contribution in [3.63, 3.8) is 0 Å². The maximum atomic E-state index is 12.5.